The summed E-state index contributed by atoms with van der Waals surface area (Å²) < 4.78 is 6.58. The van der Waals surface area contributed by atoms with Crippen LogP contribution < -0.4 is 4.90 Å². The van der Waals surface area contributed by atoms with Gasteiger partial charge in [0.15, 0.2) is 0 Å². The van der Waals surface area contributed by atoms with Crippen LogP contribution in [0.4, 0.5) is 17.1 Å². The molecular weight excluding hydrogens is 943 g/mol. The van der Waals surface area contributed by atoms with Gasteiger partial charge in [-0.2, -0.15) is 0 Å². The first-order chi connectivity index (χ1) is 38.5. The SMILES string of the molecule is Cc1ccc2c(c1)C1(c3cc(C)ccc3-2)c2ccccc2-c2cccc(-c3ccc(N(c4ccc(-c5cccc6c5oc5ccccc56)cc4)c4ccc5c(c4)C(c4ccccc4)(c4ccccc4)c4ccccc4-5)cc3)c21. The van der Waals surface area contributed by atoms with E-state index in [1.807, 2.05) is 6.07 Å². The van der Waals surface area contributed by atoms with Gasteiger partial charge in [0.2, 0.25) is 0 Å². The van der Waals surface area contributed by atoms with E-state index in [0.717, 1.165) is 50.1 Å². The first kappa shape index (κ1) is 44.5. The Kier molecular flexibility index (Phi) is 9.63. The molecule has 0 fully saturated rings. The Morgan fingerprint density at radius 3 is 1.37 bits per heavy atom. The Morgan fingerprint density at radius 2 is 0.731 bits per heavy atom. The summed E-state index contributed by atoms with van der Waals surface area (Å²) in [5.41, 5.74) is 29.4. The Bertz CT molecular complexity index is 4470. The molecule has 1 aromatic heterocycles. The van der Waals surface area contributed by atoms with Crippen molar-refractivity contribution in [2.24, 2.45) is 0 Å². The first-order valence-corrected chi connectivity index (χ1v) is 27.2. The molecule has 366 valence electrons. The van der Waals surface area contributed by atoms with Gasteiger partial charge in [0, 0.05) is 33.4 Å². The molecule has 0 saturated carbocycles. The summed E-state index contributed by atoms with van der Waals surface area (Å²) in [6, 6.07) is 102. The van der Waals surface area contributed by atoms with Crippen molar-refractivity contribution < 1.29 is 4.42 Å². The molecule has 0 N–H and O–H groups in total. The Hall–Kier alpha value is -9.76. The van der Waals surface area contributed by atoms with Crippen molar-refractivity contribution >= 4 is 39.0 Å². The summed E-state index contributed by atoms with van der Waals surface area (Å²) in [4.78, 5) is 2.45. The average Bonchev–Trinajstić information content (AvgIpc) is 3.79. The van der Waals surface area contributed by atoms with Crippen LogP contribution in [0, 0.1) is 13.8 Å². The molecular formula is C76H51NO. The molecule has 12 aromatic carbocycles. The fraction of sp³-hybridized carbons (Fsp3) is 0.0526. The monoisotopic (exact) mass is 993 g/mol. The number of aryl methyl sites for hydroxylation is 2. The van der Waals surface area contributed by atoms with E-state index in [-0.39, 0.29) is 0 Å². The molecule has 0 aliphatic heterocycles. The largest absolute Gasteiger partial charge is 0.455 e. The zero-order valence-electron chi connectivity index (χ0n) is 43.3. The lowest BCUT2D eigenvalue weighted by Crippen LogP contribution is -2.28. The second-order valence-electron chi connectivity index (χ2n) is 21.6. The van der Waals surface area contributed by atoms with Crippen LogP contribution in [0.1, 0.15) is 55.6 Å². The number of hydrogen-bond donors (Lipinski definition) is 0. The Balaban J connectivity index is 0.893. The second-order valence-corrected chi connectivity index (χ2v) is 21.6. The van der Waals surface area contributed by atoms with E-state index in [2.05, 4.69) is 286 Å². The highest BCUT2D eigenvalue weighted by atomic mass is 16.3. The zero-order chi connectivity index (χ0) is 51.7. The molecule has 13 aromatic rings. The van der Waals surface area contributed by atoms with E-state index in [4.69, 9.17) is 4.42 Å². The summed E-state index contributed by atoms with van der Waals surface area (Å²) in [6.07, 6.45) is 0. The van der Waals surface area contributed by atoms with E-state index in [0.29, 0.717) is 0 Å². The van der Waals surface area contributed by atoms with Gasteiger partial charge >= 0.3 is 0 Å². The third-order valence-electron chi connectivity index (χ3n) is 17.5. The lowest BCUT2D eigenvalue weighted by molar-refractivity contribution is 0.670. The lowest BCUT2D eigenvalue weighted by atomic mass is 9.67. The van der Waals surface area contributed by atoms with Gasteiger partial charge in [-0.05, 0) is 151 Å². The van der Waals surface area contributed by atoms with Gasteiger partial charge in [0.25, 0.3) is 0 Å². The molecule has 1 spiro atoms. The summed E-state index contributed by atoms with van der Waals surface area (Å²) in [7, 11) is 0. The normalized spacial score (nSPS) is 13.7. The third-order valence-corrected chi connectivity index (χ3v) is 17.5. The molecule has 0 radical (unpaired) electrons. The molecule has 0 bridgehead atoms. The minimum atomic E-state index is -0.551. The molecule has 3 aliphatic carbocycles. The summed E-state index contributed by atoms with van der Waals surface area (Å²) in [5.74, 6) is 0. The van der Waals surface area contributed by atoms with Crippen molar-refractivity contribution in [3.63, 3.8) is 0 Å². The first-order valence-electron chi connectivity index (χ1n) is 27.2. The number of hydrogen-bond acceptors (Lipinski definition) is 2. The molecule has 0 amide bonds. The lowest BCUT2D eigenvalue weighted by Gasteiger charge is -2.35. The van der Waals surface area contributed by atoms with Crippen LogP contribution in [0.15, 0.2) is 277 Å². The second kappa shape index (κ2) is 16.9. The number of fused-ring (bicyclic) bond motifs is 16. The number of benzene rings is 12. The number of rotatable bonds is 7. The molecule has 0 atom stereocenters. The van der Waals surface area contributed by atoms with Crippen LogP contribution >= 0.6 is 0 Å². The number of furan rings is 1. The molecule has 1 heterocycles. The quantitative estimate of drug-likeness (QED) is 0.158. The summed E-state index contributed by atoms with van der Waals surface area (Å²) in [5, 5.41) is 2.25. The predicted octanol–water partition coefficient (Wildman–Crippen LogP) is 19.7. The van der Waals surface area contributed by atoms with Crippen LogP contribution in [-0.4, -0.2) is 0 Å². The standard InChI is InChI=1S/C76H51NO/c1-48-31-42-61-62-43-32-49(2)46-70(62)76(69(61)45-48)68-29-13-10-22-60(68)65-26-15-24-57(73(65)76)50-33-37-54(38-34-50)77(55-39-35-51(36-40-55)58-25-16-27-66-64-23-11-14-30-72(64)78-74(58)66)56-41-44-63-59-21-9-12-28-67(59)75(71(63)47-56,52-17-5-3-6-18-52)53-19-7-4-8-20-53/h3-47H,1-2H3. The van der Waals surface area contributed by atoms with E-state index in [9.17, 15) is 0 Å². The molecule has 3 aliphatic rings. The third kappa shape index (κ3) is 6.14. The average molecular weight is 994 g/mol. The van der Waals surface area contributed by atoms with Crippen LogP contribution in [-0.2, 0) is 10.8 Å². The Labute approximate surface area is 454 Å². The summed E-state index contributed by atoms with van der Waals surface area (Å²) >= 11 is 0. The maximum Gasteiger partial charge on any atom is 0.143 e. The van der Waals surface area contributed by atoms with Gasteiger partial charge in [-0.15, -0.1) is 0 Å². The Morgan fingerprint density at radius 1 is 0.295 bits per heavy atom. The number of para-hydroxylation sites is 2. The minimum absolute atomic E-state index is 0.476. The van der Waals surface area contributed by atoms with Crippen molar-refractivity contribution in [2.75, 3.05) is 4.90 Å². The van der Waals surface area contributed by atoms with Gasteiger partial charge < -0.3 is 9.32 Å². The van der Waals surface area contributed by atoms with E-state index < -0.39 is 10.8 Å². The highest BCUT2D eigenvalue weighted by Gasteiger charge is 2.53. The fourth-order valence-electron chi connectivity index (χ4n) is 14.3. The van der Waals surface area contributed by atoms with Gasteiger partial charge in [-0.25, -0.2) is 0 Å². The van der Waals surface area contributed by atoms with Crippen LogP contribution in [0.5, 0.6) is 0 Å². The molecule has 2 heteroatoms. The summed E-state index contributed by atoms with van der Waals surface area (Å²) in [6.45, 7) is 4.47. The van der Waals surface area contributed by atoms with Gasteiger partial charge in [-0.1, -0.05) is 242 Å². The molecule has 16 rings (SSSR count). The molecule has 0 saturated heterocycles. The van der Waals surface area contributed by atoms with E-state index >= 15 is 0 Å². The van der Waals surface area contributed by atoms with Crippen molar-refractivity contribution in [3.8, 4) is 55.6 Å². The predicted molar refractivity (Wildman–Crippen MR) is 322 cm³/mol. The maximum atomic E-state index is 6.58. The van der Waals surface area contributed by atoms with Crippen LogP contribution in [0.3, 0.4) is 0 Å². The van der Waals surface area contributed by atoms with Gasteiger partial charge in [-0.3, -0.25) is 0 Å². The molecule has 0 unspecified atom stereocenters. The highest BCUT2D eigenvalue weighted by Crippen LogP contribution is 2.65. The van der Waals surface area contributed by atoms with Crippen molar-refractivity contribution in [3.05, 3.63) is 329 Å². The minimum Gasteiger partial charge on any atom is -0.455 e. The smallest absolute Gasteiger partial charge is 0.143 e. The highest BCUT2D eigenvalue weighted by molar-refractivity contribution is 6.09. The van der Waals surface area contributed by atoms with Crippen molar-refractivity contribution in [1.82, 2.24) is 0 Å². The van der Waals surface area contributed by atoms with Crippen molar-refractivity contribution in [2.45, 2.75) is 24.7 Å². The molecule has 2 nitrogen and oxygen atoms in total. The maximum absolute atomic E-state index is 6.58. The molecule has 78 heavy (non-hydrogen) atoms. The van der Waals surface area contributed by atoms with Gasteiger partial charge in [0.1, 0.15) is 11.2 Å². The zero-order valence-corrected chi connectivity index (χ0v) is 43.3. The van der Waals surface area contributed by atoms with Crippen LogP contribution in [0.25, 0.3) is 77.6 Å². The van der Waals surface area contributed by atoms with Crippen LogP contribution in [0.2, 0.25) is 0 Å². The van der Waals surface area contributed by atoms with Crippen molar-refractivity contribution in [1.29, 1.82) is 0 Å². The van der Waals surface area contributed by atoms with Gasteiger partial charge in [0.05, 0.1) is 10.8 Å². The fourth-order valence-corrected chi connectivity index (χ4v) is 14.3. The number of nitrogens with zero attached hydrogens (tertiary/aromatic N) is 1. The topological polar surface area (TPSA) is 16.4 Å². The number of anilines is 3. The van der Waals surface area contributed by atoms with E-state index in [1.165, 1.54) is 100 Å². The van der Waals surface area contributed by atoms with E-state index in [1.54, 1.807) is 0 Å².